The van der Waals surface area contributed by atoms with Crippen molar-refractivity contribution in [3.63, 3.8) is 0 Å². The first-order valence-corrected chi connectivity index (χ1v) is 6.05. The SMILES string of the molecule is COC(=O)N1CCN(c2cnc(Br)cn2)CC1. The average molecular weight is 301 g/mol. The lowest BCUT2D eigenvalue weighted by molar-refractivity contribution is 0.121. The van der Waals surface area contributed by atoms with Gasteiger partial charge < -0.3 is 14.5 Å². The minimum atomic E-state index is -0.272. The van der Waals surface area contributed by atoms with Crippen molar-refractivity contribution in [3.05, 3.63) is 17.0 Å². The number of carbonyl (C=O) groups is 1. The lowest BCUT2D eigenvalue weighted by atomic mass is 10.3. The standard InChI is InChI=1S/C10H13BrN4O2/c1-17-10(16)15-4-2-14(3-5-15)9-7-12-8(11)6-13-9/h6-7H,2-5H2,1H3. The molecule has 1 saturated heterocycles. The fourth-order valence-electron chi connectivity index (χ4n) is 1.72. The van der Waals surface area contributed by atoms with Gasteiger partial charge in [-0.1, -0.05) is 0 Å². The predicted molar refractivity (Wildman–Crippen MR) is 65.9 cm³/mol. The molecule has 0 radical (unpaired) electrons. The number of anilines is 1. The second kappa shape index (κ2) is 5.31. The number of hydrogen-bond donors (Lipinski definition) is 0. The van der Waals surface area contributed by atoms with Crippen molar-refractivity contribution in [2.45, 2.75) is 0 Å². The zero-order valence-electron chi connectivity index (χ0n) is 9.47. The van der Waals surface area contributed by atoms with Crippen LogP contribution in [-0.2, 0) is 4.74 Å². The molecule has 1 aliphatic heterocycles. The van der Waals surface area contributed by atoms with Gasteiger partial charge in [0.2, 0.25) is 0 Å². The third-order valence-corrected chi connectivity index (χ3v) is 3.05. The van der Waals surface area contributed by atoms with Crippen molar-refractivity contribution in [2.75, 3.05) is 38.2 Å². The number of amides is 1. The van der Waals surface area contributed by atoms with Crippen molar-refractivity contribution < 1.29 is 9.53 Å². The molecule has 1 fully saturated rings. The van der Waals surface area contributed by atoms with Crippen LogP contribution in [0.4, 0.5) is 10.6 Å². The maximum atomic E-state index is 11.3. The van der Waals surface area contributed by atoms with Crippen LogP contribution in [0.15, 0.2) is 17.0 Å². The summed E-state index contributed by atoms with van der Waals surface area (Å²) in [6.07, 6.45) is 3.12. The molecule has 92 valence electrons. The molecule has 6 nitrogen and oxygen atoms in total. The van der Waals surface area contributed by atoms with Crippen LogP contribution in [0.5, 0.6) is 0 Å². The molecule has 1 aromatic heterocycles. The number of ether oxygens (including phenoxy) is 1. The number of halogens is 1. The summed E-state index contributed by atoms with van der Waals surface area (Å²) < 4.78 is 5.40. The highest BCUT2D eigenvalue weighted by Crippen LogP contribution is 2.14. The van der Waals surface area contributed by atoms with Crippen LogP contribution in [-0.4, -0.2) is 54.2 Å². The Morgan fingerprint density at radius 2 is 2.00 bits per heavy atom. The molecule has 1 amide bonds. The quantitative estimate of drug-likeness (QED) is 0.778. The van der Waals surface area contributed by atoms with Crippen LogP contribution in [0.1, 0.15) is 0 Å². The molecule has 0 atom stereocenters. The molecule has 17 heavy (non-hydrogen) atoms. The molecule has 1 aromatic rings. The first-order valence-electron chi connectivity index (χ1n) is 5.26. The van der Waals surface area contributed by atoms with Gasteiger partial charge >= 0.3 is 6.09 Å². The Labute approximate surface area is 108 Å². The number of carbonyl (C=O) groups excluding carboxylic acids is 1. The fourth-order valence-corrected chi connectivity index (χ4v) is 1.92. The van der Waals surface area contributed by atoms with Gasteiger partial charge in [0.05, 0.1) is 19.5 Å². The van der Waals surface area contributed by atoms with Crippen LogP contribution in [0.3, 0.4) is 0 Å². The van der Waals surface area contributed by atoms with Crippen LogP contribution < -0.4 is 4.90 Å². The fraction of sp³-hybridized carbons (Fsp3) is 0.500. The minimum Gasteiger partial charge on any atom is -0.453 e. The molecule has 0 aliphatic carbocycles. The van der Waals surface area contributed by atoms with Gasteiger partial charge in [-0.2, -0.15) is 0 Å². The predicted octanol–water partition coefficient (Wildman–Crippen LogP) is 1.13. The van der Waals surface area contributed by atoms with E-state index in [1.54, 1.807) is 17.3 Å². The number of rotatable bonds is 1. The maximum absolute atomic E-state index is 11.3. The van der Waals surface area contributed by atoms with Crippen molar-refractivity contribution in [1.29, 1.82) is 0 Å². The number of piperazine rings is 1. The van der Waals surface area contributed by atoms with Gasteiger partial charge in [0.25, 0.3) is 0 Å². The van der Waals surface area contributed by atoms with Gasteiger partial charge in [0, 0.05) is 26.2 Å². The van der Waals surface area contributed by atoms with Gasteiger partial charge in [-0.15, -0.1) is 0 Å². The number of hydrogen-bond acceptors (Lipinski definition) is 5. The van der Waals surface area contributed by atoms with E-state index in [9.17, 15) is 4.79 Å². The summed E-state index contributed by atoms with van der Waals surface area (Å²) in [7, 11) is 1.40. The zero-order valence-corrected chi connectivity index (χ0v) is 11.1. The summed E-state index contributed by atoms with van der Waals surface area (Å²) in [6, 6.07) is 0. The molecule has 0 unspecified atom stereocenters. The van der Waals surface area contributed by atoms with Crippen molar-refractivity contribution in [3.8, 4) is 0 Å². The van der Waals surface area contributed by atoms with Gasteiger partial charge in [0.1, 0.15) is 10.4 Å². The van der Waals surface area contributed by atoms with Crippen molar-refractivity contribution in [1.82, 2.24) is 14.9 Å². The Balaban J connectivity index is 1.95. The first-order chi connectivity index (χ1) is 8.20. The number of aromatic nitrogens is 2. The highest BCUT2D eigenvalue weighted by molar-refractivity contribution is 9.10. The van der Waals surface area contributed by atoms with Crippen molar-refractivity contribution >= 4 is 27.8 Å². The molecule has 1 aliphatic rings. The molecule has 0 spiro atoms. The molecule has 7 heteroatoms. The van der Waals surface area contributed by atoms with Crippen LogP contribution in [0, 0.1) is 0 Å². The van der Waals surface area contributed by atoms with E-state index in [-0.39, 0.29) is 6.09 Å². The van der Waals surface area contributed by atoms with E-state index in [4.69, 9.17) is 0 Å². The summed E-state index contributed by atoms with van der Waals surface area (Å²) >= 11 is 3.25. The second-order valence-electron chi connectivity index (χ2n) is 3.64. The van der Waals surface area contributed by atoms with E-state index in [2.05, 4.69) is 35.5 Å². The van der Waals surface area contributed by atoms with Gasteiger partial charge in [0.15, 0.2) is 0 Å². The van der Waals surface area contributed by atoms with Gasteiger partial charge in [-0.25, -0.2) is 14.8 Å². The normalized spacial score (nSPS) is 15.9. The van der Waals surface area contributed by atoms with E-state index >= 15 is 0 Å². The van der Waals surface area contributed by atoms with Gasteiger partial charge in [-0.05, 0) is 15.9 Å². The van der Waals surface area contributed by atoms with E-state index in [1.807, 2.05) is 0 Å². The highest BCUT2D eigenvalue weighted by atomic mass is 79.9. The molecular formula is C10H13BrN4O2. The molecule has 0 saturated carbocycles. The van der Waals surface area contributed by atoms with E-state index in [0.717, 1.165) is 23.5 Å². The molecule has 0 bridgehead atoms. The summed E-state index contributed by atoms with van der Waals surface area (Å²) in [5.41, 5.74) is 0. The van der Waals surface area contributed by atoms with E-state index < -0.39 is 0 Å². The van der Waals surface area contributed by atoms with Crippen LogP contribution in [0.25, 0.3) is 0 Å². The Kier molecular flexibility index (Phi) is 3.78. The monoisotopic (exact) mass is 300 g/mol. The summed E-state index contributed by atoms with van der Waals surface area (Å²) in [5, 5.41) is 0. The highest BCUT2D eigenvalue weighted by Gasteiger charge is 2.22. The third kappa shape index (κ3) is 2.85. The van der Waals surface area contributed by atoms with Gasteiger partial charge in [-0.3, -0.25) is 0 Å². The zero-order chi connectivity index (χ0) is 12.3. The Morgan fingerprint density at radius 1 is 1.29 bits per heavy atom. The molecule has 0 N–H and O–H groups in total. The largest absolute Gasteiger partial charge is 0.453 e. The second-order valence-corrected chi connectivity index (χ2v) is 4.45. The molecule has 2 rings (SSSR count). The number of nitrogens with zero attached hydrogens (tertiary/aromatic N) is 4. The lowest BCUT2D eigenvalue weighted by Gasteiger charge is -2.34. The molecule has 2 heterocycles. The number of methoxy groups -OCH3 is 1. The maximum Gasteiger partial charge on any atom is 0.409 e. The lowest BCUT2D eigenvalue weighted by Crippen LogP contribution is -2.49. The summed E-state index contributed by atoms with van der Waals surface area (Å²) in [4.78, 5) is 23.5. The van der Waals surface area contributed by atoms with Crippen LogP contribution in [0.2, 0.25) is 0 Å². The smallest absolute Gasteiger partial charge is 0.409 e. The molecular weight excluding hydrogens is 288 g/mol. The van der Waals surface area contributed by atoms with Crippen LogP contribution >= 0.6 is 15.9 Å². The third-order valence-electron chi connectivity index (χ3n) is 2.64. The van der Waals surface area contributed by atoms with E-state index in [1.165, 1.54) is 7.11 Å². The first kappa shape index (κ1) is 12.1. The Bertz CT molecular complexity index is 390. The van der Waals surface area contributed by atoms with Crippen molar-refractivity contribution in [2.24, 2.45) is 0 Å². The topological polar surface area (TPSA) is 58.6 Å². The minimum absolute atomic E-state index is 0.272. The molecule has 0 aromatic carbocycles. The average Bonchev–Trinajstić information content (AvgIpc) is 2.39. The van der Waals surface area contributed by atoms with E-state index in [0.29, 0.717) is 13.1 Å². The Hall–Kier alpha value is -1.37. The Morgan fingerprint density at radius 3 is 2.53 bits per heavy atom. The summed E-state index contributed by atoms with van der Waals surface area (Å²) in [6.45, 7) is 2.77. The summed E-state index contributed by atoms with van der Waals surface area (Å²) in [5.74, 6) is 0.831.